The number of hydrogen-bond acceptors (Lipinski definition) is 3. The average molecular weight is 272 g/mol. The normalized spacial score (nSPS) is 11.7. The molecule has 0 aliphatic rings. The van der Waals surface area contributed by atoms with Crippen molar-refractivity contribution in [2.24, 2.45) is 0 Å². The molecule has 1 N–H and O–H groups in total. The SMILES string of the molecule is COc1ccc(C(C)Oc2ccc(C(=O)O)cc2)cc1. The van der Waals surface area contributed by atoms with Crippen molar-refractivity contribution in [3.63, 3.8) is 0 Å². The molecule has 4 nitrogen and oxygen atoms in total. The quantitative estimate of drug-likeness (QED) is 0.904. The average Bonchev–Trinajstić information content (AvgIpc) is 2.48. The van der Waals surface area contributed by atoms with Gasteiger partial charge in [-0.15, -0.1) is 0 Å². The second-order valence-corrected chi connectivity index (χ2v) is 4.36. The van der Waals surface area contributed by atoms with Gasteiger partial charge in [-0.05, 0) is 48.9 Å². The molecule has 0 spiro atoms. The first-order valence-corrected chi connectivity index (χ1v) is 6.24. The lowest BCUT2D eigenvalue weighted by molar-refractivity contribution is 0.0697. The van der Waals surface area contributed by atoms with Gasteiger partial charge in [-0.2, -0.15) is 0 Å². The molecule has 1 atom stereocenters. The molecule has 4 heteroatoms. The van der Waals surface area contributed by atoms with Crippen LogP contribution in [0.4, 0.5) is 0 Å². The number of ether oxygens (including phenoxy) is 2. The van der Waals surface area contributed by atoms with Crippen molar-refractivity contribution in [3.8, 4) is 11.5 Å². The van der Waals surface area contributed by atoms with Gasteiger partial charge in [-0.25, -0.2) is 4.79 Å². The number of aromatic carboxylic acids is 1. The lowest BCUT2D eigenvalue weighted by atomic mass is 10.1. The Bertz CT molecular complexity index is 572. The van der Waals surface area contributed by atoms with Crippen LogP contribution in [0, 0.1) is 0 Å². The first-order chi connectivity index (χ1) is 9.60. The van der Waals surface area contributed by atoms with Crippen LogP contribution in [-0.2, 0) is 0 Å². The highest BCUT2D eigenvalue weighted by Crippen LogP contribution is 2.23. The summed E-state index contributed by atoms with van der Waals surface area (Å²) in [5.41, 5.74) is 1.27. The van der Waals surface area contributed by atoms with Gasteiger partial charge in [0.05, 0.1) is 12.7 Å². The Hall–Kier alpha value is -2.49. The molecule has 2 aromatic rings. The zero-order valence-corrected chi connectivity index (χ0v) is 11.4. The van der Waals surface area contributed by atoms with Crippen LogP contribution in [0.1, 0.15) is 28.9 Å². The zero-order valence-electron chi connectivity index (χ0n) is 11.4. The molecule has 0 fully saturated rings. The van der Waals surface area contributed by atoms with E-state index >= 15 is 0 Å². The van der Waals surface area contributed by atoms with Crippen LogP contribution in [0.2, 0.25) is 0 Å². The van der Waals surface area contributed by atoms with E-state index < -0.39 is 5.97 Å². The molecule has 0 saturated heterocycles. The minimum absolute atomic E-state index is 0.128. The number of methoxy groups -OCH3 is 1. The molecule has 104 valence electrons. The minimum Gasteiger partial charge on any atom is -0.497 e. The van der Waals surface area contributed by atoms with Crippen LogP contribution in [0.15, 0.2) is 48.5 Å². The summed E-state index contributed by atoms with van der Waals surface area (Å²) in [4.78, 5) is 10.8. The second kappa shape index (κ2) is 6.10. The minimum atomic E-state index is -0.945. The molecule has 1 unspecified atom stereocenters. The number of carboxylic acid groups (broad SMARTS) is 1. The fourth-order valence-electron chi connectivity index (χ4n) is 1.82. The van der Waals surface area contributed by atoms with Gasteiger partial charge in [0.25, 0.3) is 0 Å². The first kappa shape index (κ1) is 13.9. The molecule has 0 aliphatic heterocycles. The molecular weight excluding hydrogens is 256 g/mol. The lowest BCUT2D eigenvalue weighted by Gasteiger charge is -2.15. The molecular formula is C16H16O4. The van der Waals surface area contributed by atoms with Crippen molar-refractivity contribution in [2.75, 3.05) is 7.11 Å². The van der Waals surface area contributed by atoms with Gasteiger partial charge in [-0.1, -0.05) is 12.1 Å². The Kier molecular flexibility index (Phi) is 4.25. The summed E-state index contributed by atoms with van der Waals surface area (Å²) < 4.78 is 10.9. The van der Waals surface area contributed by atoms with Crippen LogP contribution in [0.25, 0.3) is 0 Å². The summed E-state index contributed by atoms with van der Waals surface area (Å²) in [5, 5.41) is 8.83. The Labute approximate surface area is 117 Å². The van der Waals surface area contributed by atoms with E-state index in [1.54, 1.807) is 19.2 Å². The van der Waals surface area contributed by atoms with E-state index in [0.717, 1.165) is 11.3 Å². The Morgan fingerprint density at radius 1 is 1.00 bits per heavy atom. The van der Waals surface area contributed by atoms with Crippen molar-refractivity contribution < 1.29 is 19.4 Å². The smallest absolute Gasteiger partial charge is 0.335 e. The molecule has 2 rings (SSSR count). The van der Waals surface area contributed by atoms with Gasteiger partial charge >= 0.3 is 5.97 Å². The van der Waals surface area contributed by atoms with Crippen LogP contribution >= 0.6 is 0 Å². The van der Waals surface area contributed by atoms with Crippen LogP contribution in [-0.4, -0.2) is 18.2 Å². The predicted molar refractivity (Wildman–Crippen MR) is 75.4 cm³/mol. The topological polar surface area (TPSA) is 55.8 Å². The maximum Gasteiger partial charge on any atom is 0.335 e. The van der Waals surface area contributed by atoms with E-state index in [2.05, 4.69) is 0 Å². The summed E-state index contributed by atoms with van der Waals surface area (Å²) in [5.74, 6) is 0.491. The van der Waals surface area contributed by atoms with Crippen LogP contribution < -0.4 is 9.47 Å². The Balaban J connectivity index is 2.06. The number of carbonyl (C=O) groups is 1. The number of carboxylic acids is 1. The van der Waals surface area contributed by atoms with E-state index in [1.165, 1.54) is 12.1 Å². The van der Waals surface area contributed by atoms with E-state index in [0.29, 0.717) is 5.75 Å². The molecule has 0 aliphatic carbocycles. The van der Waals surface area contributed by atoms with Gasteiger partial charge in [0.15, 0.2) is 0 Å². The molecule has 2 aromatic carbocycles. The highest BCUT2D eigenvalue weighted by atomic mass is 16.5. The number of hydrogen-bond donors (Lipinski definition) is 1. The van der Waals surface area contributed by atoms with Crippen molar-refractivity contribution >= 4 is 5.97 Å². The molecule has 0 heterocycles. The third-order valence-corrected chi connectivity index (χ3v) is 3.00. The maximum atomic E-state index is 10.8. The van der Waals surface area contributed by atoms with Gasteiger partial charge in [0, 0.05) is 0 Å². The van der Waals surface area contributed by atoms with E-state index in [4.69, 9.17) is 14.6 Å². The van der Waals surface area contributed by atoms with Crippen molar-refractivity contribution in [1.29, 1.82) is 0 Å². The largest absolute Gasteiger partial charge is 0.497 e. The lowest BCUT2D eigenvalue weighted by Crippen LogP contribution is -2.03. The number of rotatable bonds is 5. The standard InChI is InChI=1S/C16H16O4/c1-11(12-3-7-14(19-2)8-4-12)20-15-9-5-13(6-10-15)16(17)18/h3-11H,1-2H3,(H,17,18). The second-order valence-electron chi connectivity index (χ2n) is 4.36. The van der Waals surface area contributed by atoms with Crippen molar-refractivity contribution in [1.82, 2.24) is 0 Å². The molecule has 0 aromatic heterocycles. The molecule has 0 radical (unpaired) electrons. The van der Waals surface area contributed by atoms with Gasteiger partial charge in [0.2, 0.25) is 0 Å². The molecule has 20 heavy (non-hydrogen) atoms. The Morgan fingerprint density at radius 2 is 1.55 bits per heavy atom. The summed E-state index contributed by atoms with van der Waals surface area (Å²) in [7, 11) is 1.62. The van der Waals surface area contributed by atoms with E-state index in [1.807, 2.05) is 31.2 Å². The third-order valence-electron chi connectivity index (χ3n) is 3.00. The Morgan fingerprint density at radius 3 is 2.05 bits per heavy atom. The van der Waals surface area contributed by atoms with Gasteiger partial charge in [0.1, 0.15) is 17.6 Å². The van der Waals surface area contributed by atoms with Crippen molar-refractivity contribution in [2.45, 2.75) is 13.0 Å². The predicted octanol–water partition coefficient (Wildman–Crippen LogP) is 3.53. The maximum absolute atomic E-state index is 10.8. The highest BCUT2D eigenvalue weighted by Gasteiger charge is 2.08. The fourth-order valence-corrected chi connectivity index (χ4v) is 1.82. The summed E-state index contributed by atoms with van der Waals surface area (Å²) in [6, 6.07) is 14.0. The van der Waals surface area contributed by atoms with E-state index in [9.17, 15) is 4.79 Å². The highest BCUT2D eigenvalue weighted by molar-refractivity contribution is 5.87. The molecule has 0 bridgehead atoms. The van der Waals surface area contributed by atoms with Crippen molar-refractivity contribution in [3.05, 3.63) is 59.7 Å². The van der Waals surface area contributed by atoms with Crippen LogP contribution in [0.5, 0.6) is 11.5 Å². The number of benzene rings is 2. The van der Waals surface area contributed by atoms with E-state index in [-0.39, 0.29) is 11.7 Å². The molecule has 0 saturated carbocycles. The molecule has 0 amide bonds. The fraction of sp³-hybridized carbons (Fsp3) is 0.188. The summed E-state index contributed by atoms with van der Waals surface area (Å²) in [6.45, 7) is 1.94. The summed E-state index contributed by atoms with van der Waals surface area (Å²) in [6.07, 6.45) is -0.128. The van der Waals surface area contributed by atoms with Gasteiger partial charge in [-0.3, -0.25) is 0 Å². The zero-order chi connectivity index (χ0) is 14.5. The van der Waals surface area contributed by atoms with Crippen LogP contribution in [0.3, 0.4) is 0 Å². The summed E-state index contributed by atoms with van der Waals surface area (Å²) >= 11 is 0. The van der Waals surface area contributed by atoms with Gasteiger partial charge < -0.3 is 14.6 Å². The third kappa shape index (κ3) is 3.29. The monoisotopic (exact) mass is 272 g/mol. The first-order valence-electron chi connectivity index (χ1n) is 6.24.